The van der Waals surface area contributed by atoms with E-state index >= 15 is 0 Å². The third kappa shape index (κ3) is 1.25. The van der Waals surface area contributed by atoms with Crippen LogP contribution in [0.4, 0.5) is 0 Å². The number of halogens is 2. The first-order valence-electron chi connectivity index (χ1n) is 5.27. The molecular weight excluding hydrogens is 203 g/mol. The molecule has 0 aromatic carbocycles. The van der Waals surface area contributed by atoms with Gasteiger partial charge < -0.3 is 0 Å². The van der Waals surface area contributed by atoms with Gasteiger partial charge in [0.2, 0.25) is 0 Å². The minimum atomic E-state index is -0.406. The van der Waals surface area contributed by atoms with Crippen LogP contribution in [0.5, 0.6) is 0 Å². The topological polar surface area (TPSA) is 0 Å². The molecule has 0 N–H and O–H groups in total. The van der Waals surface area contributed by atoms with E-state index in [9.17, 15) is 0 Å². The number of alkyl halides is 2. The van der Waals surface area contributed by atoms with Gasteiger partial charge in [0, 0.05) is 11.3 Å². The maximum absolute atomic E-state index is 6.29. The molecule has 0 aromatic rings. The maximum Gasteiger partial charge on any atom is 0.127 e. The van der Waals surface area contributed by atoms with Crippen LogP contribution in [0.1, 0.15) is 40.0 Å². The Morgan fingerprint density at radius 2 is 1.92 bits per heavy atom. The Morgan fingerprint density at radius 1 is 1.31 bits per heavy atom. The lowest BCUT2D eigenvalue weighted by Gasteiger charge is -2.27. The van der Waals surface area contributed by atoms with Crippen molar-refractivity contribution in [3.05, 3.63) is 0 Å². The molecule has 2 fully saturated rings. The SMILES string of the molecule is CC(C)[C@H]1CC[C@@]2(C)[C@@H](C1)C2(Cl)Cl. The van der Waals surface area contributed by atoms with Gasteiger partial charge in [-0.1, -0.05) is 20.8 Å². The Kier molecular flexibility index (Phi) is 2.17. The van der Waals surface area contributed by atoms with Crippen molar-refractivity contribution in [3.63, 3.8) is 0 Å². The average Bonchev–Trinajstić information content (AvgIpc) is 2.46. The number of hydrogen-bond donors (Lipinski definition) is 0. The van der Waals surface area contributed by atoms with Crippen molar-refractivity contribution in [2.75, 3.05) is 0 Å². The van der Waals surface area contributed by atoms with E-state index in [1.165, 1.54) is 19.3 Å². The fourth-order valence-electron chi connectivity index (χ4n) is 2.93. The highest BCUT2D eigenvalue weighted by atomic mass is 35.5. The summed E-state index contributed by atoms with van der Waals surface area (Å²) in [4.78, 5) is 0. The van der Waals surface area contributed by atoms with Gasteiger partial charge >= 0.3 is 0 Å². The third-order valence-corrected chi connectivity index (χ3v) is 5.79. The second-order valence-electron chi connectivity index (χ2n) is 5.37. The maximum atomic E-state index is 6.29. The van der Waals surface area contributed by atoms with Crippen LogP contribution >= 0.6 is 23.2 Å². The van der Waals surface area contributed by atoms with Gasteiger partial charge in [-0.25, -0.2) is 0 Å². The molecule has 13 heavy (non-hydrogen) atoms. The number of fused-ring (bicyclic) bond motifs is 1. The molecule has 76 valence electrons. The molecule has 2 saturated carbocycles. The third-order valence-electron chi connectivity index (χ3n) is 4.40. The highest BCUT2D eigenvalue weighted by Gasteiger charge is 2.73. The zero-order chi connectivity index (χ0) is 9.85. The van der Waals surface area contributed by atoms with Gasteiger partial charge in [0.05, 0.1) is 0 Å². The van der Waals surface area contributed by atoms with Crippen molar-refractivity contribution in [2.45, 2.75) is 44.4 Å². The Labute approximate surface area is 91.0 Å². The fourth-order valence-corrected chi connectivity index (χ4v) is 3.94. The molecule has 2 heteroatoms. The molecule has 0 saturated heterocycles. The molecule has 3 atom stereocenters. The smallest absolute Gasteiger partial charge is 0.101 e. The van der Waals surface area contributed by atoms with E-state index in [2.05, 4.69) is 20.8 Å². The Balaban J connectivity index is 2.06. The summed E-state index contributed by atoms with van der Waals surface area (Å²) < 4.78 is -0.406. The highest BCUT2D eigenvalue weighted by Crippen LogP contribution is 2.75. The van der Waals surface area contributed by atoms with Crippen molar-refractivity contribution < 1.29 is 0 Å². The van der Waals surface area contributed by atoms with Crippen molar-refractivity contribution >= 4 is 23.2 Å². The molecule has 0 aliphatic heterocycles. The molecule has 0 nitrogen and oxygen atoms in total. The predicted octanol–water partition coefficient (Wildman–Crippen LogP) is 4.25. The van der Waals surface area contributed by atoms with Crippen LogP contribution in [-0.2, 0) is 0 Å². The minimum Gasteiger partial charge on any atom is -0.101 e. The van der Waals surface area contributed by atoms with Crippen LogP contribution < -0.4 is 0 Å². The summed E-state index contributed by atoms with van der Waals surface area (Å²) in [5.41, 5.74) is 0.238. The van der Waals surface area contributed by atoms with Crippen LogP contribution in [0.3, 0.4) is 0 Å². The molecule has 2 aliphatic rings. The van der Waals surface area contributed by atoms with Crippen molar-refractivity contribution in [3.8, 4) is 0 Å². The van der Waals surface area contributed by atoms with Crippen LogP contribution in [0.25, 0.3) is 0 Å². The summed E-state index contributed by atoms with van der Waals surface area (Å²) in [5.74, 6) is 2.19. The fraction of sp³-hybridized carbons (Fsp3) is 1.00. The van der Waals surface area contributed by atoms with Gasteiger partial charge in [0.15, 0.2) is 0 Å². The lowest BCUT2D eigenvalue weighted by Crippen LogP contribution is -2.18. The summed E-state index contributed by atoms with van der Waals surface area (Å²) in [6.45, 7) is 6.86. The first-order valence-corrected chi connectivity index (χ1v) is 6.03. The number of rotatable bonds is 1. The van der Waals surface area contributed by atoms with E-state index in [1.54, 1.807) is 0 Å². The van der Waals surface area contributed by atoms with Crippen molar-refractivity contribution in [1.82, 2.24) is 0 Å². The van der Waals surface area contributed by atoms with E-state index in [0.29, 0.717) is 5.92 Å². The van der Waals surface area contributed by atoms with Gasteiger partial charge in [-0.3, -0.25) is 0 Å². The standard InChI is InChI=1S/C11H18Cl2/c1-7(2)8-4-5-10(3)9(6-8)11(10,12)13/h7-9H,4-6H2,1-3H3/t8-,9+,10-/m0/s1. The zero-order valence-corrected chi connectivity index (χ0v) is 10.1. The first-order chi connectivity index (χ1) is 5.89. The van der Waals surface area contributed by atoms with Crippen LogP contribution in [0, 0.1) is 23.2 Å². The van der Waals surface area contributed by atoms with Crippen LogP contribution in [0.15, 0.2) is 0 Å². The quantitative estimate of drug-likeness (QED) is 0.580. The normalized spacial score (nSPS) is 47.5. The summed E-state index contributed by atoms with van der Waals surface area (Å²) in [6, 6.07) is 0. The average molecular weight is 221 g/mol. The zero-order valence-electron chi connectivity index (χ0n) is 8.61. The lowest BCUT2D eigenvalue weighted by molar-refractivity contribution is 0.227. The Bertz CT molecular complexity index is 222. The summed E-state index contributed by atoms with van der Waals surface area (Å²) >= 11 is 12.6. The van der Waals surface area contributed by atoms with E-state index < -0.39 is 4.33 Å². The molecule has 0 heterocycles. The molecular formula is C11H18Cl2. The van der Waals surface area contributed by atoms with Gasteiger partial charge in [-0.2, -0.15) is 0 Å². The highest BCUT2D eigenvalue weighted by molar-refractivity contribution is 6.51. The second kappa shape index (κ2) is 2.79. The first kappa shape index (κ1) is 10.1. The Morgan fingerprint density at radius 3 is 2.38 bits per heavy atom. The van der Waals surface area contributed by atoms with Gasteiger partial charge in [-0.05, 0) is 31.1 Å². The molecule has 0 bridgehead atoms. The van der Waals surface area contributed by atoms with Gasteiger partial charge in [0.25, 0.3) is 0 Å². The van der Waals surface area contributed by atoms with E-state index in [4.69, 9.17) is 23.2 Å². The molecule has 0 amide bonds. The van der Waals surface area contributed by atoms with E-state index in [-0.39, 0.29) is 5.41 Å². The number of hydrogen-bond acceptors (Lipinski definition) is 0. The summed E-state index contributed by atoms with van der Waals surface area (Å²) in [6.07, 6.45) is 3.76. The summed E-state index contributed by atoms with van der Waals surface area (Å²) in [7, 11) is 0. The molecule has 0 aromatic heterocycles. The molecule has 0 spiro atoms. The van der Waals surface area contributed by atoms with E-state index in [1.807, 2.05) is 0 Å². The minimum absolute atomic E-state index is 0.238. The lowest BCUT2D eigenvalue weighted by atomic mass is 9.78. The van der Waals surface area contributed by atoms with Crippen molar-refractivity contribution in [2.24, 2.45) is 23.2 Å². The van der Waals surface area contributed by atoms with Crippen LogP contribution in [0.2, 0.25) is 0 Å². The molecule has 0 unspecified atom stereocenters. The summed E-state index contributed by atoms with van der Waals surface area (Å²) in [5, 5.41) is 0. The van der Waals surface area contributed by atoms with Gasteiger partial charge in [0.1, 0.15) is 4.33 Å². The monoisotopic (exact) mass is 220 g/mol. The van der Waals surface area contributed by atoms with Crippen molar-refractivity contribution in [1.29, 1.82) is 0 Å². The molecule has 0 radical (unpaired) electrons. The molecule has 2 rings (SSSR count). The predicted molar refractivity (Wildman–Crippen MR) is 58.2 cm³/mol. The molecule has 2 aliphatic carbocycles. The van der Waals surface area contributed by atoms with Gasteiger partial charge in [-0.15, -0.1) is 23.2 Å². The second-order valence-corrected chi connectivity index (χ2v) is 6.76. The van der Waals surface area contributed by atoms with Crippen LogP contribution in [-0.4, -0.2) is 4.33 Å². The largest absolute Gasteiger partial charge is 0.127 e. The van der Waals surface area contributed by atoms with E-state index in [0.717, 1.165) is 11.8 Å². The Hall–Kier alpha value is 0.580.